The monoisotopic (exact) mass is 277 g/mol. The fraction of sp³-hybridized carbons (Fsp3) is 0.647. The van der Waals surface area contributed by atoms with Gasteiger partial charge in [0.15, 0.2) is 11.6 Å². The highest BCUT2D eigenvalue weighted by Crippen LogP contribution is 2.35. The van der Waals surface area contributed by atoms with E-state index in [-0.39, 0.29) is 5.82 Å². The van der Waals surface area contributed by atoms with Gasteiger partial charge >= 0.3 is 0 Å². The molecule has 2 aliphatic rings. The van der Waals surface area contributed by atoms with Crippen LogP contribution in [0.5, 0.6) is 5.75 Å². The van der Waals surface area contributed by atoms with Crippen molar-refractivity contribution in [3.63, 3.8) is 0 Å². The van der Waals surface area contributed by atoms with E-state index in [2.05, 4.69) is 5.32 Å². The van der Waals surface area contributed by atoms with Gasteiger partial charge in [-0.3, -0.25) is 0 Å². The van der Waals surface area contributed by atoms with Gasteiger partial charge in [-0.25, -0.2) is 4.39 Å². The van der Waals surface area contributed by atoms with E-state index in [4.69, 9.17) is 4.74 Å². The molecule has 1 heterocycles. The quantitative estimate of drug-likeness (QED) is 0.906. The van der Waals surface area contributed by atoms with Gasteiger partial charge in [-0.15, -0.1) is 0 Å². The van der Waals surface area contributed by atoms with Crippen LogP contribution in [-0.4, -0.2) is 19.7 Å². The summed E-state index contributed by atoms with van der Waals surface area (Å²) in [5, 5.41) is 3.67. The van der Waals surface area contributed by atoms with Crippen LogP contribution >= 0.6 is 0 Å². The Kier molecular flexibility index (Phi) is 4.25. The Bertz CT molecular complexity index is 456. The normalized spacial score (nSPS) is 27.7. The predicted octanol–water partition coefficient (Wildman–Crippen LogP) is 3.86. The maximum Gasteiger partial charge on any atom is 0.165 e. The minimum atomic E-state index is -0.244. The molecule has 1 saturated carbocycles. The van der Waals surface area contributed by atoms with Crippen molar-refractivity contribution in [2.75, 3.05) is 13.7 Å². The molecule has 2 unspecified atom stereocenters. The molecule has 2 atom stereocenters. The smallest absolute Gasteiger partial charge is 0.165 e. The molecular weight excluding hydrogens is 253 g/mol. The van der Waals surface area contributed by atoms with Crippen LogP contribution in [0.15, 0.2) is 18.2 Å². The highest BCUT2D eigenvalue weighted by atomic mass is 19.1. The molecule has 0 amide bonds. The van der Waals surface area contributed by atoms with Crippen molar-refractivity contribution in [3.05, 3.63) is 29.6 Å². The Morgan fingerprint density at radius 3 is 2.70 bits per heavy atom. The largest absolute Gasteiger partial charge is 0.494 e. The Hall–Kier alpha value is -1.09. The van der Waals surface area contributed by atoms with E-state index in [9.17, 15) is 4.39 Å². The van der Waals surface area contributed by atoms with E-state index in [1.807, 2.05) is 6.07 Å². The summed E-state index contributed by atoms with van der Waals surface area (Å²) in [6.45, 7) is 0.979. The molecule has 1 N–H and O–H groups in total. The Balaban J connectivity index is 1.65. The van der Waals surface area contributed by atoms with Crippen molar-refractivity contribution in [1.82, 2.24) is 5.32 Å². The number of hydrogen-bond donors (Lipinski definition) is 1. The summed E-state index contributed by atoms with van der Waals surface area (Å²) in [4.78, 5) is 0. The molecule has 20 heavy (non-hydrogen) atoms. The van der Waals surface area contributed by atoms with Gasteiger partial charge in [-0.1, -0.05) is 25.3 Å². The van der Waals surface area contributed by atoms with Gasteiger partial charge in [0.2, 0.25) is 0 Å². The first-order valence-corrected chi connectivity index (χ1v) is 7.84. The summed E-state index contributed by atoms with van der Waals surface area (Å²) in [6.07, 6.45) is 8.03. The lowest BCUT2D eigenvalue weighted by Crippen LogP contribution is -2.31. The van der Waals surface area contributed by atoms with Crippen LogP contribution in [0.1, 0.15) is 50.0 Å². The number of ether oxygens (including phenoxy) is 1. The second-order valence-electron chi connectivity index (χ2n) is 6.24. The van der Waals surface area contributed by atoms with Crippen molar-refractivity contribution in [2.24, 2.45) is 5.92 Å². The van der Waals surface area contributed by atoms with Gasteiger partial charge in [0.05, 0.1) is 7.11 Å². The van der Waals surface area contributed by atoms with Gasteiger partial charge < -0.3 is 10.1 Å². The Labute approximate surface area is 120 Å². The number of halogens is 1. The summed E-state index contributed by atoms with van der Waals surface area (Å²) in [6, 6.07) is 6.04. The van der Waals surface area contributed by atoms with Crippen LogP contribution in [0, 0.1) is 11.7 Å². The molecule has 3 rings (SSSR count). The first kappa shape index (κ1) is 13.9. The Morgan fingerprint density at radius 2 is 2.00 bits per heavy atom. The Morgan fingerprint density at radius 1 is 1.20 bits per heavy atom. The summed E-state index contributed by atoms with van der Waals surface area (Å²) in [7, 11) is 1.51. The highest BCUT2D eigenvalue weighted by Gasteiger charge is 2.32. The van der Waals surface area contributed by atoms with Crippen LogP contribution in [0.4, 0.5) is 4.39 Å². The zero-order valence-electron chi connectivity index (χ0n) is 12.2. The molecule has 1 aliphatic carbocycles. The standard InChI is InChI=1S/C17H24FNO/c1-20-17-8-7-13(9-15(17)18)14-10-16(19-11-14)12-5-3-2-4-6-12/h7-9,12,14,16,19H,2-6,10-11H2,1H3. The van der Waals surface area contributed by atoms with E-state index in [1.165, 1.54) is 39.2 Å². The highest BCUT2D eigenvalue weighted by molar-refractivity contribution is 5.32. The fourth-order valence-electron chi connectivity index (χ4n) is 3.85. The number of methoxy groups -OCH3 is 1. The maximum absolute atomic E-state index is 13.8. The lowest BCUT2D eigenvalue weighted by molar-refractivity contribution is 0.286. The van der Waals surface area contributed by atoms with Gasteiger partial charge in [-0.2, -0.15) is 0 Å². The van der Waals surface area contributed by atoms with Gasteiger partial charge in [0.25, 0.3) is 0 Å². The molecule has 0 spiro atoms. The molecule has 0 bridgehead atoms. The molecule has 3 heteroatoms. The second-order valence-corrected chi connectivity index (χ2v) is 6.24. The second kappa shape index (κ2) is 6.13. The average Bonchev–Trinajstić information content (AvgIpc) is 2.98. The topological polar surface area (TPSA) is 21.3 Å². The average molecular weight is 277 g/mol. The molecular formula is C17H24FNO. The third-order valence-electron chi connectivity index (χ3n) is 5.03. The van der Waals surface area contributed by atoms with Crippen molar-refractivity contribution in [3.8, 4) is 5.75 Å². The third kappa shape index (κ3) is 2.83. The molecule has 1 aliphatic heterocycles. The van der Waals surface area contributed by atoms with E-state index < -0.39 is 0 Å². The molecule has 1 aromatic rings. The van der Waals surface area contributed by atoms with Crippen LogP contribution in [0.2, 0.25) is 0 Å². The van der Waals surface area contributed by atoms with Crippen molar-refractivity contribution < 1.29 is 9.13 Å². The lowest BCUT2D eigenvalue weighted by atomic mass is 9.81. The molecule has 110 valence electrons. The van der Waals surface area contributed by atoms with Crippen molar-refractivity contribution >= 4 is 0 Å². The molecule has 2 fully saturated rings. The number of benzene rings is 1. The molecule has 1 aromatic carbocycles. The maximum atomic E-state index is 13.8. The van der Waals surface area contributed by atoms with Gasteiger partial charge in [0, 0.05) is 12.6 Å². The SMILES string of the molecule is COc1ccc(C2CNC(C3CCCCC3)C2)cc1F. The van der Waals surface area contributed by atoms with Crippen molar-refractivity contribution in [1.29, 1.82) is 0 Å². The van der Waals surface area contributed by atoms with Crippen molar-refractivity contribution in [2.45, 2.75) is 50.5 Å². The molecule has 1 saturated heterocycles. The summed E-state index contributed by atoms with van der Waals surface area (Å²) in [5.74, 6) is 1.37. The van der Waals surface area contributed by atoms with Crippen LogP contribution in [0.25, 0.3) is 0 Å². The van der Waals surface area contributed by atoms with Crippen LogP contribution in [0.3, 0.4) is 0 Å². The van der Waals surface area contributed by atoms with E-state index in [0.717, 1.165) is 24.4 Å². The summed E-state index contributed by atoms with van der Waals surface area (Å²) < 4.78 is 18.8. The molecule has 0 aromatic heterocycles. The summed E-state index contributed by atoms with van der Waals surface area (Å²) >= 11 is 0. The summed E-state index contributed by atoms with van der Waals surface area (Å²) in [5.41, 5.74) is 1.11. The number of hydrogen-bond acceptors (Lipinski definition) is 2. The molecule has 2 nitrogen and oxygen atoms in total. The zero-order chi connectivity index (χ0) is 13.9. The fourth-order valence-corrected chi connectivity index (χ4v) is 3.85. The number of rotatable bonds is 3. The van der Waals surface area contributed by atoms with Crippen LogP contribution in [-0.2, 0) is 0 Å². The van der Waals surface area contributed by atoms with E-state index in [0.29, 0.717) is 17.7 Å². The lowest BCUT2D eigenvalue weighted by Gasteiger charge is -2.27. The van der Waals surface area contributed by atoms with Gasteiger partial charge in [-0.05, 0) is 48.8 Å². The molecule has 0 radical (unpaired) electrons. The van der Waals surface area contributed by atoms with E-state index >= 15 is 0 Å². The minimum absolute atomic E-state index is 0.244. The van der Waals surface area contributed by atoms with Gasteiger partial charge in [0.1, 0.15) is 0 Å². The third-order valence-corrected chi connectivity index (χ3v) is 5.03. The van der Waals surface area contributed by atoms with Crippen LogP contribution < -0.4 is 10.1 Å². The minimum Gasteiger partial charge on any atom is -0.494 e. The predicted molar refractivity (Wildman–Crippen MR) is 78.7 cm³/mol. The zero-order valence-corrected chi connectivity index (χ0v) is 12.2. The van der Waals surface area contributed by atoms with E-state index in [1.54, 1.807) is 12.1 Å². The first-order chi connectivity index (χ1) is 9.78. The number of nitrogens with one attached hydrogen (secondary N) is 1. The first-order valence-electron chi connectivity index (χ1n) is 7.84.